The molecular weight excluding hydrogens is 266 g/mol. The maximum atomic E-state index is 11.6. The molecule has 0 spiro atoms. The number of hydrogen-bond acceptors (Lipinski definition) is 2. The van der Waals surface area contributed by atoms with Gasteiger partial charge < -0.3 is 5.32 Å². The molecule has 0 bridgehead atoms. The van der Waals surface area contributed by atoms with Crippen molar-refractivity contribution in [3.8, 4) is 10.4 Å². The molecule has 1 aromatic heterocycles. The van der Waals surface area contributed by atoms with Gasteiger partial charge >= 0.3 is 0 Å². The SMILES string of the molecule is O=C(/C=C/c1ccc(-c2ccccc2)s1)NCC1CC1. The van der Waals surface area contributed by atoms with Crippen LogP contribution in [0.15, 0.2) is 48.5 Å². The first-order chi connectivity index (χ1) is 9.81. The number of amides is 1. The van der Waals surface area contributed by atoms with E-state index in [1.165, 1.54) is 23.3 Å². The summed E-state index contributed by atoms with van der Waals surface area (Å²) in [6, 6.07) is 14.4. The van der Waals surface area contributed by atoms with Crippen LogP contribution < -0.4 is 5.32 Å². The van der Waals surface area contributed by atoms with Gasteiger partial charge in [-0.1, -0.05) is 30.3 Å². The first kappa shape index (κ1) is 13.1. The quantitative estimate of drug-likeness (QED) is 0.827. The normalized spacial score (nSPS) is 14.6. The van der Waals surface area contributed by atoms with Gasteiger partial charge in [0.15, 0.2) is 0 Å². The molecule has 1 aliphatic rings. The summed E-state index contributed by atoms with van der Waals surface area (Å²) in [5, 5.41) is 2.93. The lowest BCUT2D eigenvalue weighted by atomic mass is 10.2. The van der Waals surface area contributed by atoms with Gasteiger partial charge in [-0.25, -0.2) is 0 Å². The van der Waals surface area contributed by atoms with Gasteiger partial charge in [-0.3, -0.25) is 4.79 Å². The topological polar surface area (TPSA) is 29.1 Å². The maximum Gasteiger partial charge on any atom is 0.244 e. The lowest BCUT2D eigenvalue weighted by Crippen LogP contribution is -2.23. The summed E-state index contributed by atoms with van der Waals surface area (Å²) in [4.78, 5) is 14.0. The van der Waals surface area contributed by atoms with Gasteiger partial charge in [-0.2, -0.15) is 0 Å². The fourth-order valence-electron chi connectivity index (χ4n) is 1.98. The standard InChI is InChI=1S/C17H17NOS/c19-17(18-12-13-6-7-13)11-9-15-8-10-16(20-15)14-4-2-1-3-5-14/h1-5,8-11,13H,6-7,12H2,(H,18,19)/b11-9+. The maximum absolute atomic E-state index is 11.6. The van der Waals surface area contributed by atoms with E-state index < -0.39 is 0 Å². The average Bonchev–Trinajstić information content (AvgIpc) is 3.20. The first-order valence-electron chi connectivity index (χ1n) is 6.92. The Bertz CT molecular complexity index is 611. The number of carbonyl (C=O) groups is 1. The molecule has 0 saturated heterocycles. The second-order valence-corrected chi connectivity index (χ2v) is 6.21. The number of carbonyl (C=O) groups excluding carboxylic acids is 1. The van der Waals surface area contributed by atoms with Crippen molar-refractivity contribution in [3.63, 3.8) is 0 Å². The van der Waals surface area contributed by atoms with E-state index in [9.17, 15) is 4.79 Å². The summed E-state index contributed by atoms with van der Waals surface area (Å²) >= 11 is 1.70. The van der Waals surface area contributed by atoms with Gasteiger partial charge in [0.05, 0.1) is 0 Å². The second-order valence-electron chi connectivity index (χ2n) is 5.09. The predicted molar refractivity (Wildman–Crippen MR) is 84.5 cm³/mol. The summed E-state index contributed by atoms with van der Waals surface area (Å²) in [7, 11) is 0. The molecule has 0 radical (unpaired) electrons. The Balaban J connectivity index is 1.60. The first-order valence-corrected chi connectivity index (χ1v) is 7.74. The Hall–Kier alpha value is -1.87. The van der Waals surface area contributed by atoms with Gasteiger partial charge in [0.25, 0.3) is 0 Å². The summed E-state index contributed by atoms with van der Waals surface area (Å²) < 4.78 is 0. The van der Waals surface area contributed by atoms with Crippen molar-refractivity contribution in [2.75, 3.05) is 6.54 Å². The van der Waals surface area contributed by atoms with E-state index in [2.05, 4.69) is 29.6 Å². The van der Waals surface area contributed by atoms with Crippen molar-refractivity contribution in [2.45, 2.75) is 12.8 Å². The number of benzene rings is 1. The molecule has 20 heavy (non-hydrogen) atoms. The van der Waals surface area contributed by atoms with Crippen molar-refractivity contribution >= 4 is 23.3 Å². The largest absolute Gasteiger partial charge is 0.352 e. The fourth-order valence-corrected chi connectivity index (χ4v) is 2.90. The third-order valence-electron chi connectivity index (χ3n) is 3.35. The van der Waals surface area contributed by atoms with Gasteiger partial charge in [-0.05, 0) is 42.5 Å². The van der Waals surface area contributed by atoms with Crippen molar-refractivity contribution < 1.29 is 4.79 Å². The number of thiophene rings is 1. The van der Waals surface area contributed by atoms with E-state index in [4.69, 9.17) is 0 Å². The number of hydrogen-bond donors (Lipinski definition) is 1. The number of rotatable bonds is 5. The van der Waals surface area contributed by atoms with Crippen LogP contribution in [0.25, 0.3) is 16.5 Å². The van der Waals surface area contributed by atoms with E-state index in [-0.39, 0.29) is 5.91 Å². The zero-order valence-corrected chi connectivity index (χ0v) is 12.0. The molecule has 1 fully saturated rings. The summed E-state index contributed by atoms with van der Waals surface area (Å²) in [5.74, 6) is 0.727. The molecule has 0 atom stereocenters. The van der Waals surface area contributed by atoms with Crippen LogP contribution in [-0.2, 0) is 4.79 Å². The van der Waals surface area contributed by atoms with Gasteiger partial charge in [0.1, 0.15) is 0 Å². The third-order valence-corrected chi connectivity index (χ3v) is 4.45. The minimum Gasteiger partial charge on any atom is -0.352 e. The van der Waals surface area contributed by atoms with Crippen molar-refractivity contribution in [1.82, 2.24) is 5.32 Å². The lowest BCUT2D eigenvalue weighted by molar-refractivity contribution is -0.116. The van der Waals surface area contributed by atoms with E-state index in [1.807, 2.05) is 24.3 Å². The van der Waals surface area contributed by atoms with Gasteiger partial charge in [-0.15, -0.1) is 11.3 Å². The predicted octanol–water partition coefficient (Wildman–Crippen LogP) is 3.95. The van der Waals surface area contributed by atoms with Crippen LogP contribution in [0.1, 0.15) is 17.7 Å². The Morgan fingerprint density at radius 1 is 1.20 bits per heavy atom. The highest BCUT2D eigenvalue weighted by Gasteiger charge is 2.20. The van der Waals surface area contributed by atoms with Gasteiger partial charge in [0, 0.05) is 22.4 Å². The molecule has 1 heterocycles. The fraction of sp³-hybridized carbons (Fsp3) is 0.235. The van der Waals surface area contributed by atoms with Crippen molar-refractivity contribution in [1.29, 1.82) is 0 Å². The van der Waals surface area contributed by atoms with E-state index in [1.54, 1.807) is 17.4 Å². The molecule has 0 aliphatic heterocycles. The Morgan fingerprint density at radius 3 is 2.75 bits per heavy atom. The van der Waals surface area contributed by atoms with E-state index >= 15 is 0 Å². The molecule has 2 nitrogen and oxygen atoms in total. The van der Waals surface area contributed by atoms with Crippen LogP contribution in [0, 0.1) is 5.92 Å². The Kier molecular flexibility index (Phi) is 3.97. The lowest BCUT2D eigenvalue weighted by Gasteiger charge is -1.98. The summed E-state index contributed by atoms with van der Waals surface area (Å²) in [6.07, 6.45) is 6.03. The highest BCUT2D eigenvalue weighted by molar-refractivity contribution is 7.16. The van der Waals surface area contributed by atoms with Crippen LogP contribution in [0.3, 0.4) is 0 Å². The van der Waals surface area contributed by atoms with Gasteiger partial charge in [0.2, 0.25) is 5.91 Å². The molecule has 1 aromatic carbocycles. The van der Waals surface area contributed by atoms with E-state index in [0.29, 0.717) is 0 Å². The molecule has 0 unspecified atom stereocenters. The van der Waals surface area contributed by atoms with Crippen molar-refractivity contribution in [3.05, 3.63) is 53.4 Å². The molecule has 1 aliphatic carbocycles. The Labute approximate surface area is 123 Å². The average molecular weight is 283 g/mol. The molecule has 1 saturated carbocycles. The molecular formula is C17H17NOS. The molecule has 2 aromatic rings. The van der Waals surface area contributed by atoms with Crippen LogP contribution in [0.5, 0.6) is 0 Å². The molecule has 1 amide bonds. The highest BCUT2D eigenvalue weighted by Crippen LogP contribution is 2.29. The summed E-state index contributed by atoms with van der Waals surface area (Å²) in [6.45, 7) is 0.822. The second kappa shape index (κ2) is 6.06. The van der Waals surface area contributed by atoms with Crippen LogP contribution in [-0.4, -0.2) is 12.5 Å². The van der Waals surface area contributed by atoms with E-state index in [0.717, 1.165) is 17.3 Å². The summed E-state index contributed by atoms with van der Waals surface area (Å²) in [5.41, 5.74) is 1.22. The minimum absolute atomic E-state index is 0.00608. The van der Waals surface area contributed by atoms with Crippen LogP contribution >= 0.6 is 11.3 Å². The Morgan fingerprint density at radius 2 is 2.00 bits per heavy atom. The molecule has 1 N–H and O–H groups in total. The third kappa shape index (κ3) is 3.58. The molecule has 102 valence electrons. The zero-order valence-electron chi connectivity index (χ0n) is 11.2. The zero-order chi connectivity index (χ0) is 13.8. The molecule has 3 heteroatoms. The smallest absolute Gasteiger partial charge is 0.244 e. The van der Waals surface area contributed by atoms with Crippen molar-refractivity contribution in [2.24, 2.45) is 5.92 Å². The number of nitrogens with one attached hydrogen (secondary N) is 1. The minimum atomic E-state index is 0.00608. The monoisotopic (exact) mass is 283 g/mol. The molecule has 3 rings (SSSR count). The highest BCUT2D eigenvalue weighted by atomic mass is 32.1. The van der Waals surface area contributed by atoms with Crippen LogP contribution in [0.4, 0.5) is 0 Å². The van der Waals surface area contributed by atoms with Crippen LogP contribution in [0.2, 0.25) is 0 Å².